The molecule has 0 spiro atoms. The minimum absolute atomic E-state index is 0.128. The fraction of sp³-hybridized carbons (Fsp3) is 0.722. The van der Waals surface area contributed by atoms with Crippen molar-refractivity contribution in [3.05, 3.63) is 0 Å². The smallest absolute Gasteiger partial charge is 0.328 e. The molecule has 1 aliphatic heterocycles. The van der Waals surface area contributed by atoms with Gasteiger partial charge in [-0.05, 0) is 44.7 Å². The number of carbonyl (C=O) groups is 5. The van der Waals surface area contributed by atoms with Crippen LogP contribution in [0.3, 0.4) is 0 Å². The van der Waals surface area contributed by atoms with Crippen LogP contribution >= 0.6 is 11.8 Å². The maximum atomic E-state index is 12.7. The molecule has 1 aliphatic rings. The molecule has 1 fully saturated rings. The summed E-state index contributed by atoms with van der Waals surface area (Å²) in [6, 6.07) is -4.70. The molecule has 0 radical (unpaired) electrons. The summed E-state index contributed by atoms with van der Waals surface area (Å²) in [5.74, 6) is -4.55. The zero-order valence-corrected chi connectivity index (χ0v) is 18.2. The van der Waals surface area contributed by atoms with Crippen molar-refractivity contribution < 1.29 is 39.3 Å². The maximum Gasteiger partial charge on any atom is 0.328 e. The van der Waals surface area contributed by atoms with Crippen LogP contribution in [0.25, 0.3) is 0 Å². The number of aliphatic hydroxyl groups is 1. The first-order valence-corrected chi connectivity index (χ1v) is 11.2. The van der Waals surface area contributed by atoms with Crippen LogP contribution in [0.1, 0.15) is 32.6 Å². The predicted molar refractivity (Wildman–Crippen MR) is 111 cm³/mol. The van der Waals surface area contributed by atoms with Crippen molar-refractivity contribution >= 4 is 41.4 Å². The van der Waals surface area contributed by atoms with E-state index in [1.807, 2.05) is 0 Å². The molecule has 0 aromatic heterocycles. The molecule has 3 amide bonds. The SMILES string of the molecule is CSCCC(NC(=O)C(CC(=O)O)NC(=O)C1CCCN1)C(=O)NC(C(=O)O)C(C)O. The first kappa shape index (κ1) is 26.7. The second-order valence-corrected chi connectivity index (χ2v) is 8.20. The van der Waals surface area contributed by atoms with Gasteiger partial charge >= 0.3 is 11.9 Å². The Balaban J connectivity index is 2.90. The Morgan fingerprint density at radius 3 is 2.19 bits per heavy atom. The minimum atomic E-state index is -1.58. The average Bonchev–Trinajstić information content (AvgIpc) is 3.22. The van der Waals surface area contributed by atoms with Crippen LogP contribution in [0.4, 0.5) is 0 Å². The summed E-state index contributed by atoms with van der Waals surface area (Å²) in [5.41, 5.74) is 0. The molecule has 176 valence electrons. The zero-order chi connectivity index (χ0) is 23.6. The summed E-state index contributed by atoms with van der Waals surface area (Å²) < 4.78 is 0. The van der Waals surface area contributed by atoms with E-state index >= 15 is 0 Å². The Morgan fingerprint density at radius 2 is 1.71 bits per heavy atom. The second-order valence-electron chi connectivity index (χ2n) is 7.22. The van der Waals surface area contributed by atoms with E-state index in [0.717, 1.165) is 6.42 Å². The Hall–Kier alpha value is -2.38. The van der Waals surface area contributed by atoms with Crippen molar-refractivity contribution in [3.63, 3.8) is 0 Å². The molecular weight excluding hydrogens is 432 g/mol. The van der Waals surface area contributed by atoms with E-state index in [-0.39, 0.29) is 6.42 Å². The standard InChI is InChI=1S/C18H30N4O8S/c1-9(23)14(18(29)30)22-16(27)11(5-7-31-2)20-17(28)12(8-13(24)25)21-15(26)10-4-3-6-19-10/h9-12,14,19,23H,3-8H2,1-2H3,(H,20,28)(H,21,26)(H,22,27)(H,24,25)(H,29,30). The lowest BCUT2D eigenvalue weighted by molar-refractivity contribution is -0.145. The van der Waals surface area contributed by atoms with Gasteiger partial charge in [0.15, 0.2) is 6.04 Å². The summed E-state index contributed by atoms with van der Waals surface area (Å²) in [7, 11) is 0. The van der Waals surface area contributed by atoms with E-state index in [4.69, 9.17) is 10.2 Å². The third kappa shape index (κ3) is 9.11. The molecule has 5 atom stereocenters. The number of nitrogens with one attached hydrogen (secondary N) is 4. The number of carbonyl (C=O) groups excluding carboxylic acids is 3. The van der Waals surface area contributed by atoms with Crippen LogP contribution in [0.5, 0.6) is 0 Å². The fourth-order valence-electron chi connectivity index (χ4n) is 2.98. The van der Waals surface area contributed by atoms with E-state index in [9.17, 15) is 29.1 Å². The summed E-state index contributed by atoms with van der Waals surface area (Å²) in [5, 5.41) is 37.7. The predicted octanol–water partition coefficient (Wildman–Crippen LogP) is -2.11. The third-order valence-electron chi connectivity index (χ3n) is 4.68. The van der Waals surface area contributed by atoms with Gasteiger partial charge in [-0.15, -0.1) is 0 Å². The number of rotatable bonds is 13. The van der Waals surface area contributed by atoms with E-state index in [1.54, 1.807) is 6.26 Å². The molecule has 5 unspecified atom stereocenters. The highest BCUT2D eigenvalue weighted by Crippen LogP contribution is 2.07. The molecule has 0 aliphatic carbocycles. The van der Waals surface area contributed by atoms with Crippen molar-refractivity contribution in [1.82, 2.24) is 21.3 Å². The first-order valence-electron chi connectivity index (χ1n) is 9.82. The molecule has 0 saturated carbocycles. The largest absolute Gasteiger partial charge is 0.481 e. The van der Waals surface area contributed by atoms with Crippen LogP contribution in [0.15, 0.2) is 0 Å². The van der Waals surface area contributed by atoms with Gasteiger partial charge in [0.1, 0.15) is 12.1 Å². The minimum Gasteiger partial charge on any atom is -0.481 e. The summed E-state index contributed by atoms with van der Waals surface area (Å²) in [6.45, 7) is 1.84. The van der Waals surface area contributed by atoms with Gasteiger partial charge < -0.3 is 36.6 Å². The van der Waals surface area contributed by atoms with Gasteiger partial charge in [0.05, 0.1) is 18.6 Å². The Kier molecular flexibility index (Phi) is 11.3. The number of carboxylic acid groups (broad SMARTS) is 2. The number of carboxylic acids is 2. The molecule has 1 heterocycles. The number of hydrogen-bond donors (Lipinski definition) is 7. The van der Waals surface area contributed by atoms with Gasteiger partial charge in [0.2, 0.25) is 17.7 Å². The van der Waals surface area contributed by atoms with E-state index in [0.29, 0.717) is 18.7 Å². The lowest BCUT2D eigenvalue weighted by Gasteiger charge is -2.25. The second kappa shape index (κ2) is 13.1. The molecule has 0 aromatic rings. The Labute approximate surface area is 183 Å². The molecule has 0 aromatic carbocycles. The van der Waals surface area contributed by atoms with Crippen LogP contribution in [0, 0.1) is 0 Å². The van der Waals surface area contributed by atoms with Crippen molar-refractivity contribution in [1.29, 1.82) is 0 Å². The van der Waals surface area contributed by atoms with Crippen LogP contribution < -0.4 is 21.3 Å². The number of thioether (sulfide) groups is 1. The number of hydrogen-bond acceptors (Lipinski definition) is 8. The lowest BCUT2D eigenvalue weighted by atomic mass is 10.1. The van der Waals surface area contributed by atoms with Crippen molar-refractivity contribution in [2.75, 3.05) is 18.6 Å². The van der Waals surface area contributed by atoms with E-state index < -0.39 is 66.4 Å². The van der Waals surface area contributed by atoms with Gasteiger partial charge in [-0.2, -0.15) is 11.8 Å². The number of aliphatic hydroxyl groups excluding tert-OH is 1. The highest BCUT2D eigenvalue weighted by atomic mass is 32.2. The zero-order valence-electron chi connectivity index (χ0n) is 17.4. The molecule has 12 nitrogen and oxygen atoms in total. The van der Waals surface area contributed by atoms with Gasteiger partial charge in [0.25, 0.3) is 0 Å². The van der Waals surface area contributed by atoms with Crippen molar-refractivity contribution in [2.24, 2.45) is 0 Å². The van der Waals surface area contributed by atoms with E-state index in [1.165, 1.54) is 18.7 Å². The average molecular weight is 463 g/mol. The Bertz CT molecular complexity index is 669. The molecular formula is C18H30N4O8S. The van der Waals surface area contributed by atoms with Crippen molar-refractivity contribution in [2.45, 2.75) is 62.9 Å². The highest BCUT2D eigenvalue weighted by molar-refractivity contribution is 7.98. The summed E-state index contributed by atoms with van der Waals surface area (Å²) >= 11 is 1.38. The Morgan fingerprint density at radius 1 is 1.06 bits per heavy atom. The number of aliphatic carboxylic acids is 2. The van der Waals surface area contributed by atoms with Crippen LogP contribution in [0.2, 0.25) is 0 Å². The van der Waals surface area contributed by atoms with Crippen LogP contribution in [-0.2, 0) is 24.0 Å². The first-order chi connectivity index (χ1) is 14.6. The topological polar surface area (TPSA) is 194 Å². The van der Waals surface area contributed by atoms with Gasteiger partial charge in [-0.1, -0.05) is 0 Å². The van der Waals surface area contributed by atoms with Crippen molar-refractivity contribution in [3.8, 4) is 0 Å². The van der Waals surface area contributed by atoms with Gasteiger partial charge in [0, 0.05) is 0 Å². The monoisotopic (exact) mass is 462 g/mol. The molecule has 31 heavy (non-hydrogen) atoms. The van der Waals surface area contributed by atoms with Crippen LogP contribution in [-0.4, -0.2) is 93.8 Å². The fourth-order valence-corrected chi connectivity index (χ4v) is 3.46. The number of amides is 3. The lowest BCUT2D eigenvalue weighted by Crippen LogP contribution is -2.58. The quantitative estimate of drug-likeness (QED) is 0.159. The molecule has 0 bridgehead atoms. The van der Waals surface area contributed by atoms with E-state index in [2.05, 4.69) is 21.3 Å². The highest BCUT2D eigenvalue weighted by Gasteiger charge is 2.33. The summed E-state index contributed by atoms with van der Waals surface area (Å²) in [4.78, 5) is 60.0. The molecule has 7 N–H and O–H groups in total. The van der Waals surface area contributed by atoms with Gasteiger partial charge in [-0.25, -0.2) is 4.79 Å². The summed E-state index contributed by atoms with van der Waals surface area (Å²) in [6.07, 6.45) is 1.17. The molecule has 13 heteroatoms. The maximum absolute atomic E-state index is 12.7. The molecule has 1 saturated heterocycles. The van der Waals surface area contributed by atoms with Gasteiger partial charge in [-0.3, -0.25) is 19.2 Å². The normalized spacial score (nSPS) is 19.5. The molecule has 1 rings (SSSR count). The third-order valence-corrected chi connectivity index (χ3v) is 5.32.